The standard InChI is InChI=1S/C11H14FNO3/c1-11(2,13)6-5-7-10(8(12)9(6)14)16-4-3-15-7/h5,14H,3-4,13H2,1-2H3. The molecule has 0 atom stereocenters. The fourth-order valence-electron chi connectivity index (χ4n) is 1.63. The molecule has 0 aromatic heterocycles. The number of benzene rings is 1. The zero-order chi connectivity index (χ0) is 11.9. The molecule has 3 N–H and O–H groups in total. The van der Waals surface area contributed by atoms with Crippen LogP contribution in [-0.2, 0) is 5.54 Å². The van der Waals surface area contributed by atoms with Gasteiger partial charge in [-0.1, -0.05) is 0 Å². The Hall–Kier alpha value is -1.49. The second kappa shape index (κ2) is 3.52. The highest BCUT2D eigenvalue weighted by Gasteiger charge is 2.28. The van der Waals surface area contributed by atoms with E-state index in [1.165, 1.54) is 6.07 Å². The minimum atomic E-state index is -0.846. The average molecular weight is 227 g/mol. The fourth-order valence-corrected chi connectivity index (χ4v) is 1.63. The molecule has 0 spiro atoms. The van der Waals surface area contributed by atoms with Gasteiger partial charge in [0.1, 0.15) is 13.2 Å². The van der Waals surface area contributed by atoms with Crippen LogP contribution in [0.4, 0.5) is 4.39 Å². The number of nitrogens with two attached hydrogens (primary N) is 1. The Bertz CT molecular complexity index is 426. The van der Waals surface area contributed by atoms with Gasteiger partial charge in [-0.3, -0.25) is 0 Å². The van der Waals surface area contributed by atoms with Crippen molar-refractivity contribution in [2.24, 2.45) is 5.73 Å². The second-order valence-corrected chi connectivity index (χ2v) is 4.33. The van der Waals surface area contributed by atoms with E-state index >= 15 is 0 Å². The molecule has 0 saturated carbocycles. The van der Waals surface area contributed by atoms with Crippen LogP contribution in [0.15, 0.2) is 6.07 Å². The zero-order valence-electron chi connectivity index (χ0n) is 9.21. The van der Waals surface area contributed by atoms with E-state index in [1.807, 2.05) is 0 Å². The van der Waals surface area contributed by atoms with Crippen molar-refractivity contribution in [3.63, 3.8) is 0 Å². The molecule has 88 valence electrons. The number of fused-ring (bicyclic) bond motifs is 1. The number of phenols is 1. The second-order valence-electron chi connectivity index (χ2n) is 4.33. The lowest BCUT2D eigenvalue weighted by Crippen LogP contribution is -2.29. The Morgan fingerprint density at radius 3 is 2.62 bits per heavy atom. The first-order chi connectivity index (χ1) is 7.41. The molecule has 1 heterocycles. The van der Waals surface area contributed by atoms with Crippen LogP contribution in [0.1, 0.15) is 19.4 Å². The molecule has 0 amide bonds. The van der Waals surface area contributed by atoms with Gasteiger partial charge >= 0.3 is 0 Å². The lowest BCUT2D eigenvalue weighted by molar-refractivity contribution is 0.162. The lowest BCUT2D eigenvalue weighted by atomic mass is 9.94. The number of aromatic hydroxyl groups is 1. The van der Waals surface area contributed by atoms with Crippen molar-refractivity contribution in [1.82, 2.24) is 0 Å². The van der Waals surface area contributed by atoms with Crippen molar-refractivity contribution in [2.75, 3.05) is 13.2 Å². The molecule has 0 radical (unpaired) electrons. The van der Waals surface area contributed by atoms with E-state index in [-0.39, 0.29) is 18.1 Å². The summed E-state index contributed by atoms with van der Waals surface area (Å²) in [5.41, 5.74) is 5.29. The predicted octanol–water partition coefficient (Wildman–Crippen LogP) is 1.50. The van der Waals surface area contributed by atoms with Gasteiger partial charge in [-0.05, 0) is 19.9 Å². The summed E-state index contributed by atoms with van der Waals surface area (Å²) in [5.74, 6) is -1.05. The summed E-state index contributed by atoms with van der Waals surface area (Å²) in [6.07, 6.45) is 0. The third-order valence-corrected chi connectivity index (χ3v) is 2.44. The van der Waals surface area contributed by atoms with Crippen LogP contribution in [-0.4, -0.2) is 18.3 Å². The summed E-state index contributed by atoms with van der Waals surface area (Å²) in [4.78, 5) is 0. The van der Waals surface area contributed by atoms with Crippen molar-refractivity contribution in [3.8, 4) is 17.2 Å². The maximum Gasteiger partial charge on any atom is 0.210 e. The summed E-state index contributed by atoms with van der Waals surface area (Å²) in [6.45, 7) is 3.99. The van der Waals surface area contributed by atoms with Crippen molar-refractivity contribution in [2.45, 2.75) is 19.4 Å². The molecular formula is C11H14FNO3. The summed E-state index contributed by atoms with van der Waals surface area (Å²) in [5, 5.41) is 9.70. The van der Waals surface area contributed by atoms with Crippen molar-refractivity contribution in [1.29, 1.82) is 0 Å². The van der Waals surface area contributed by atoms with Crippen molar-refractivity contribution < 1.29 is 19.0 Å². The Labute approximate surface area is 92.8 Å². The maximum absolute atomic E-state index is 13.8. The minimum Gasteiger partial charge on any atom is -0.504 e. The van der Waals surface area contributed by atoms with E-state index in [1.54, 1.807) is 13.8 Å². The molecule has 0 fully saturated rings. The highest BCUT2D eigenvalue weighted by atomic mass is 19.1. The smallest absolute Gasteiger partial charge is 0.210 e. The highest BCUT2D eigenvalue weighted by Crippen LogP contribution is 2.42. The number of hydrogen-bond donors (Lipinski definition) is 2. The third kappa shape index (κ3) is 1.67. The Morgan fingerprint density at radius 2 is 2.00 bits per heavy atom. The predicted molar refractivity (Wildman–Crippen MR) is 56.3 cm³/mol. The quantitative estimate of drug-likeness (QED) is 0.763. The van der Waals surface area contributed by atoms with Crippen LogP contribution in [0, 0.1) is 5.82 Å². The van der Waals surface area contributed by atoms with Crippen LogP contribution < -0.4 is 15.2 Å². The van der Waals surface area contributed by atoms with Crippen LogP contribution in [0.3, 0.4) is 0 Å². The molecular weight excluding hydrogens is 213 g/mol. The van der Waals surface area contributed by atoms with Gasteiger partial charge < -0.3 is 20.3 Å². The number of hydrogen-bond acceptors (Lipinski definition) is 4. The van der Waals surface area contributed by atoms with Gasteiger partial charge in [0, 0.05) is 11.1 Å². The molecule has 0 aliphatic carbocycles. The van der Waals surface area contributed by atoms with Crippen molar-refractivity contribution >= 4 is 0 Å². The van der Waals surface area contributed by atoms with Gasteiger partial charge in [0.25, 0.3) is 0 Å². The third-order valence-electron chi connectivity index (χ3n) is 2.44. The summed E-state index contributed by atoms with van der Waals surface area (Å²) < 4.78 is 24.1. The normalized spacial score (nSPS) is 15.0. The van der Waals surface area contributed by atoms with Gasteiger partial charge in [0.15, 0.2) is 11.5 Å². The molecule has 5 heteroatoms. The fraction of sp³-hybridized carbons (Fsp3) is 0.455. The van der Waals surface area contributed by atoms with Gasteiger partial charge in [-0.15, -0.1) is 0 Å². The largest absolute Gasteiger partial charge is 0.504 e. The van der Waals surface area contributed by atoms with Crippen LogP contribution in [0.2, 0.25) is 0 Å². The summed E-state index contributed by atoms with van der Waals surface area (Å²) in [7, 11) is 0. The molecule has 0 unspecified atom stereocenters. The van der Waals surface area contributed by atoms with E-state index in [0.717, 1.165) is 0 Å². The Balaban J connectivity index is 2.62. The molecule has 1 aromatic rings. The van der Waals surface area contributed by atoms with E-state index in [2.05, 4.69) is 0 Å². The maximum atomic E-state index is 13.8. The van der Waals surface area contributed by atoms with E-state index in [4.69, 9.17) is 15.2 Å². The van der Waals surface area contributed by atoms with E-state index < -0.39 is 17.1 Å². The number of phenolic OH excluding ortho intramolecular Hbond substituents is 1. The molecule has 1 aliphatic rings. The molecule has 1 aliphatic heterocycles. The first-order valence-electron chi connectivity index (χ1n) is 5.01. The monoisotopic (exact) mass is 227 g/mol. The Morgan fingerprint density at radius 1 is 1.38 bits per heavy atom. The van der Waals surface area contributed by atoms with Gasteiger partial charge in [0.05, 0.1) is 0 Å². The summed E-state index contributed by atoms with van der Waals surface area (Å²) >= 11 is 0. The van der Waals surface area contributed by atoms with E-state index in [9.17, 15) is 9.50 Å². The first kappa shape index (κ1) is 11.0. The number of halogens is 1. The lowest BCUT2D eigenvalue weighted by Gasteiger charge is -2.25. The summed E-state index contributed by atoms with van der Waals surface area (Å²) in [6, 6.07) is 1.52. The zero-order valence-corrected chi connectivity index (χ0v) is 9.21. The molecule has 2 rings (SSSR count). The first-order valence-corrected chi connectivity index (χ1v) is 5.01. The van der Waals surface area contributed by atoms with Gasteiger partial charge in [0.2, 0.25) is 11.6 Å². The topological polar surface area (TPSA) is 64.7 Å². The molecule has 0 saturated heterocycles. The average Bonchev–Trinajstić information content (AvgIpc) is 2.22. The highest BCUT2D eigenvalue weighted by molar-refractivity contribution is 5.54. The minimum absolute atomic E-state index is 0.0447. The van der Waals surface area contributed by atoms with Gasteiger partial charge in [-0.25, -0.2) is 0 Å². The van der Waals surface area contributed by atoms with Gasteiger partial charge in [-0.2, -0.15) is 4.39 Å². The molecule has 0 bridgehead atoms. The van der Waals surface area contributed by atoms with E-state index in [0.29, 0.717) is 12.2 Å². The number of ether oxygens (including phenoxy) is 2. The van der Waals surface area contributed by atoms with Crippen LogP contribution in [0.5, 0.6) is 17.2 Å². The van der Waals surface area contributed by atoms with Crippen LogP contribution in [0.25, 0.3) is 0 Å². The number of rotatable bonds is 1. The molecule has 16 heavy (non-hydrogen) atoms. The molecule has 1 aromatic carbocycles. The Kier molecular flexibility index (Phi) is 2.42. The van der Waals surface area contributed by atoms with Crippen LogP contribution >= 0.6 is 0 Å². The van der Waals surface area contributed by atoms with Crippen molar-refractivity contribution in [3.05, 3.63) is 17.4 Å². The SMILES string of the molecule is CC(C)(N)c1cc2c(c(F)c1O)OCCO2. The molecule has 4 nitrogen and oxygen atoms in total.